The molecule has 1 amide bonds. The number of amides is 1. The van der Waals surface area contributed by atoms with E-state index >= 15 is 0 Å². The van der Waals surface area contributed by atoms with Crippen LogP contribution < -0.4 is 0 Å². The van der Waals surface area contributed by atoms with Crippen molar-refractivity contribution in [1.29, 1.82) is 0 Å². The summed E-state index contributed by atoms with van der Waals surface area (Å²) in [7, 11) is 0. The fourth-order valence-corrected chi connectivity index (χ4v) is 3.95. The lowest BCUT2D eigenvalue weighted by Crippen LogP contribution is -2.46. The smallest absolute Gasteiger partial charge is 0.254 e. The van der Waals surface area contributed by atoms with Crippen LogP contribution in [0.3, 0.4) is 0 Å². The largest absolute Gasteiger partial charge is 0.333 e. The number of rotatable bonds is 1. The van der Waals surface area contributed by atoms with Gasteiger partial charge in [0.2, 0.25) is 0 Å². The van der Waals surface area contributed by atoms with Crippen molar-refractivity contribution in [2.45, 2.75) is 43.1 Å². The molecule has 0 spiro atoms. The Kier molecular flexibility index (Phi) is 3.54. The van der Waals surface area contributed by atoms with Crippen LogP contribution in [-0.4, -0.2) is 28.3 Å². The number of fused-ring (bicyclic) bond motifs is 2. The highest BCUT2D eigenvalue weighted by molar-refractivity contribution is 14.1. The lowest BCUT2D eigenvalue weighted by molar-refractivity contribution is 0.0599. The van der Waals surface area contributed by atoms with Gasteiger partial charge in [0.05, 0.1) is 0 Å². The number of benzene rings is 1. The summed E-state index contributed by atoms with van der Waals surface area (Å²) in [4.78, 5) is 14.6. The summed E-state index contributed by atoms with van der Waals surface area (Å²) < 4.78 is 1.16. The molecule has 1 aromatic rings. The summed E-state index contributed by atoms with van der Waals surface area (Å²) >= 11 is 8.50. The van der Waals surface area contributed by atoms with Gasteiger partial charge in [0.15, 0.2) is 0 Å². The molecule has 4 heteroatoms. The van der Waals surface area contributed by atoms with Crippen molar-refractivity contribution in [3.05, 3.63) is 33.4 Å². The first-order valence-corrected chi connectivity index (χ1v) is 7.89. The molecule has 2 aliphatic heterocycles. The van der Waals surface area contributed by atoms with Crippen LogP contribution in [0.2, 0.25) is 0 Å². The summed E-state index contributed by atoms with van der Waals surface area (Å²) in [5.41, 5.74) is 0.806. The molecule has 2 unspecified atom stereocenters. The maximum absolute atomic E-state index is 12.6. The summed E-state index contributed by atoms with van der Waals surface area (Å²) in [6.07, 6.45) is 4.14. The Labute approximate surface area is 126 Å². The normalized spacial score (nSPS) is 30.6. The van der Waals surface area contributed by atoms with E-state index in [-0.39, 0.29) is 11.3 Å². The average Bonchev–Trinajstić information content (AvgIpc) is 2.62. The summed E-state index contributed by atoms with van der Waals surface area (Å²) in [5, 5.41) is 0.253. The molecule has 2 fully saturated rings. The third kappa shape index (κ3) is 2.27. The number of carbonyl (C=O) groups excluding carboxylic acids is 1. The highest BCUT2D eigenvalue weighted by atomic mass is 127. The molecule has 0 radical (unpaired) electrons. The van der Waals surface area contributed by atoms with Crippen molar-refractivity contribution in [2.75, 3.05) is 0 Å². The molecule has 2 heterocycles. The second-order valence-corrected chi connectivity index (χ2v) is 7.04. The Bertz CT molecular complexity index is 447. The van der Waals surface area contributed by atoms with E-state index in [0.717, 1.165) is 34.8 Å². The van der Waals surface area contributed by atoms with Crippen LogP contribution in [0.25, 0.3) is 0 Å². The molecular weight excluding hydrogens is 361 g/mol. The monoisotopic (exact) mass is 375 g/mol. The van der Waals surface area contributed by atoms with Crippen LogP contribution in [0.15, 0.2) is 24.3 Å². The van der Waals surface area contributed by atoms with Gasteiger partial charge in [0.1, 0.15) is 0 Å². The van der Waals surface area contributed by atoms with E-state index in [1.54, 1.807) is 0 Å². The fourth-order valence-electron chi connectivity index (χ4n) is 3.18. The predicted molar refractivity (Wildman–Crippen MR) is 81.0 cm³/mol. The van der Waals surface area contributed by atoms with Gasteiger partial charge in [-0.25, -0.2) is 0 Å². The quantitative estimate of drug-likeness (QED) is 0.542. The fraction of sp³-hybridized carbons (Fsp3) is 0.500. The second-order valence-electron chi connectivity index (χ2n) is 5.17. The van der Waals surface area contributed by atoms with Crippen LogP contribution in [-0.2, 0) is 0 Å². The highest BCUT2D eigenvalue weighted by Gasteiger charge is 2.42. The molecule has 18 heavy (non-hydrogen) atoms. The highest BCUT2D eigenvalue weighted by Crippen LogP contribution is 2.38. The Morgan fingerprint density at radius 1 is 1.17 bits per heavy atom. The molecule has 0 saturated carbocycles. The zero-order valence-electron chi connectivity index (χ0n) is 9.98. The van der Waals surface area contributed by atoms with Crippen LogP contribution in [0.5, 0.6) is 0 Å². The summed E-state index contributed by atoms with van der Waals surface area (Å²) in [6, 6.07) is 8.55. The topological polar surface area (TPSA) is 20.3 Å². The third-order valence-corrected chi connectivity index (χ3v) is 5.08. The van der Waals surface area contributed by atoms with Gasteiger partial charge in [-0.1, -0.05) is 0 Å². The number of halogens is 2. The van der Waals surface area contributed by atoms with Gasteiger partial charge in [-0.2, -0.15) is 0 Å². The first kappa shape index (κ1) is 12.7. The minimum atomic E-state index is 0.183. The van der Waals surface area contributed by atoms with E-state index in [0.29, 0.717) is 12.1 Å². The number of hydrogen-bond donors (Lipinski definition) is 0. The number of piperidine rings is 1. The van der Waals surface area contributed by atoms with Gasteiger partial charge in [-0.15, -0.1) is 11.6 Å². The number of carbonyl (C=O) groups is 1. The Morgan fingerprint density at radius 2 is 1.72 bits per heavy atom. The lowest BCUT2D eigenvalue weighted by Gasteiger charge is -2.37. The van der Waals surface area contributed by atoms with E-state index in [1.807, 2.05) is 24.3 Å². The standard InChI is InChI=1S/C14H15ClINO/c15-10-7-12-5-6-13(8-10)17(12)14(18)9-1-3-11(16)4-2-9/h1-4,10,12-13H,5-8H2. The van der Waals surface area contributed by atoms with Crippen LogP contribution in [0.1, 0.15) is 36.0 Å². The van der Waals surface area contributed by atoms with Crippen LogP contribution in [0, 0.1) is 3.57 Å². The lowest BCUT2D eigenvalue weighted by atomic mass is 10.0. The van der Waals surface area contributed by atoms with E-state index in [2.05, 4.69) is 27.5 Å². The number of alkyl halides is 1. The predicted octanol–water partition coefficient (Wildman–Crippen LogP) is 3.67. The minimum Gasteiger partial charge on any atom is -0.333 e. The van der Waals surface area contributed by atoms with Gasteiger partial charge in [-0.3, -0.25) is 4.79 Å². The van der Waals surface area contributed by atoms with Crippen molar-refractivity contribution in [1.82, 2.24) is 4.90 Å². The molecule has 0 N–H and O–H groups in total. The number of hydrogen-bond acceptors (Lipinski definition) is 1. The third-order valence-electron chi connectivity index (χ3n) is 4.00. The van der Waals surface area contributed by atoms with Crippen LogP contribution >= 0.6 is 34.2 Å². The minimum absolute atomic E-state index is 0.183. The first-order valence-electron chi connectivity index (χ1n) is 6.37. The molecule has 2 aliphatic rings. The maximum atomic E-state index is 12.6. The molecule has 0 aliphatic carbocycles. The van der Waals surface area contributed by atoms with Crippen molar-refractivity contribution in [3.63, 3.8) is 0 Å². The molecule has 2 nitrogen and oxygen atoms in total. The molecule has 2 bridgehead atoms. The zero-order chi connectivity index (χ0) is 12.7. The Balaban J connectivity index is 1.83. The Morgan fingerprint density at radius 3 is 2.28 bits per heavy atom. The molecule has 1 aromatic carbocycles. The van der Waals surface area contributed by atoms with Gasteiger partial charge in [0.25, 0.3) is 5.91 Å². The van der Waals surface area contributed by atoms with Gasteiger partial charge in [-0.05, 0) is 72.5 Å². The van der Waals surface area contributed by atoms with E-state index < -0.39 is 0 Å². The maximum Gasteiger partial charge on any atom is 0.254 e. The SMILES string of the molecule is O=C(c1ccc(I)cc1)N1C2CCC1CC(Cl)C2. The van der Waals surface area contributed by atoms with E-state index in [9.17, 15) is 4.79 Å². The van der Waals surface area contributed by atoms with Crippen molar-refractivity contribution >= 4 is 40.1 Å². The molecule has 3 rings (SSSR count). The van der Waals surface area contributed by atoms with Crippen LogP contribution in [0.4, 0.5) is 0 Å². The van der Waals surface area contributed by atoms with E-state index in [1.165, 1.54) is 0 Å². The van der Waals surface area contributed by atoms with E-state index in [4.69, 9.17) is 11.6 Å². The van der Waals surface area contributed by atoms with Gasteiger partial charge < -0.3 is 4.90 Å². The molecular formula is C14H15ClINO. The zero-order valence-corrected chi connectivity index (χ0v) is 12.9. The summed E-state index contributed by atoms with van der Waals surface area (Å²) in [6.45, 7) is 0. The molecule has 2 atom stereocenters. The average molecular weight is 376 g/mol. The molecule has 96 valence electrons. The molecule has 0 aromatic heterocycles. The summed E-state index contributed by atoms with van der Waals surface area (Å²) in [5.74, 6) is 0.183. The Hall–Kier alpha value is -0.290. The van der Waals surface area contributed by atoms with Crippen molar-refractivity contribution in [3.8, 4) is 0 Å². The van der Waals surface area contributed by atoms with Gasteiger partial charge in [0, 0.05) is 26.6 Å². The first-order chi connectivity index (χ1) is 8.65. The second kappa shape index (κ2) is 5.00. The van der Waals surface area contributed by atoms with Gasteiger partial charge >= 0.3 is 0 Å². The van der Waals surface area contributed by atoms with Crippen molar-refractivity contribution in [2.24, 2.45) is 0 Å². The molecule has 2 saturated heterocycles. The number of nitrogens with zero attached hydrogens (tertiary/aromatic N) is 1. The van der Waals surface area contributed by atoms with Crippen molar-refractivity contribution < 1.29 is 4.79 Å².